The molecule has 0 bridgehead atoms. The number of rotatable bonds is 14. The highest BCUT2D eigenvalue weighted by molar-refractivity contribution is 7.92. The van der Waals surface area contributed by atoms with E-state index in [-0.39, 0.29) is 49.9 Å². The zero-order valence-corrected chi connectivity index (χ0v) is 26.4. The summed E-state index contributed by atoms with van der Waals surface area (Å²) in [6.45, 7) is 4.19. The van der Waals surface area contributed by atoms with E-state index in [9.17, 15) is 31.2 Å². The summed E-state index contributed by atoms with van der Waals surface area (Å²) in [6.07, 6.45) is -3.66. The summed E-state index contributed by atoms with van der Waals surface area (Å²) >= 11 is 6.06. The van der Waals surface area contributed by atoms with Gasteiger partial charge in [0.2, 0.25) is 21.8 Å². The van der Waals surface area contributed by atoms with Crippen molar-refractivity contribution in [3.05, 3.63) is 101 Å². The first kappa shape index (κ1) is 34.9. The number of carbonyl (C=O) groups excluding carboxylic acids is 2. The van der Waals surface area contributed by atoms with Crippen molar-refractivity contribution in [2.45, 2.75) is 51.9 Å². The monoisotopic (exact) mass is 651 g/mol. The third-order valence-electron chi connectivity index (χ3n) is 6.84. The number of nitrogens with one attached hydrogen (secondary N) is 1. The molecule has 0 fully saturated rings. The van der Waals surface area contributed by atoms with Gasteiger partial charge in [-0.3, -0.25) is 13.9 Å². The molecule has 0 aliphatic heterocycles. The van der Waals surface area contributed by atoms with E-state index >= 15 is 0 Å². The SMILES string of the molecule is CC(C)CNC(=O)[C@H](Cc1ccccc1)N(Cc1ccc(Cl)cc1)C(=O)CCCN(c1cccc(C(F)(F)F)c1)S(C)(=O)=O. The van der Waals surface area contributed by atoms with E-state index in [2.05, 4.69) is 5.32 Å². The summed E-state index contributed by atoms with van der Waals surface area (Å²) < 4.78 is 66.0. The Labute approximate surface area is 262 Å². The van der Waals surface area contributed by atoms with Crippen molar-refractivity contribution in [2.24, 2.45) is 5.92 Å². The average Bonchev–Trinajstić information content (AvgIpc) is 2.96. The van der Waals surface area contributed by atoms with Crippen LogP contribution in [0.1, 0.15) is 43.4 Å². The van der Waals surface area contributed by atoms with Crippen molar-refractivity contribution in [3.63, 3.8) is 0 Å². The summed E-state index contributed by atoms with van der Waals surface area (Å²) in [5.41, 5.74) is 0.450. The predicted octanol–water partition coefficient (Wildman–Crippen LogP) is 6.32. The quantitative estimate of drug-likeness (QED) is 0.221. The number of nitrogens with zero attached hydrogens (tertiary/aromatic N) is 2. The van der Waals surface area contributed by atoms with Crippen LogP contribution in [0.2, 0.25) is 5.02 Å². The molecule has 0 aromatic heterocycles. The van der Waals surface area contributed by atoms with Gasteiger partial charge in [-0.1, -0.05) is 74.0 Å². The second kappa shape index (κ2) is 15.4. The molecule has 1 N–H and O–H groups in total. The van der Waals surface area contributed by atoms with Gasteiger partial charge in [0, 0.05) is 37.5 Å². The van der Waals surface area contributed by atoms with Crippen molar-refractivity contribution in [3.8, 4) is 0 Å². The normalized spacial score (nSPS) is 12.5. The van der Waals surface area contributed by atoms with Gasteiger partial charge in [-0.15, -0.1) is 0 Å². The van der Waals surface area contributed by atoms with Gasteiger partial charge in [0.15, 0.2) is 0 Å². The Morgan fingerprint density at radius 2 is 1.59 bits per heavy atom. The number of anilines is 1. The number of alkyl halides is 3. The summed E-state index contributed by atoms with van der Waals surface area (Å²) in [6, 6.07) is 19.3. The van der Waals surface area contributed by atoms with Gasteiger partial charge in [-0.2, -0.15) is 13.2 Å². The standard InChI is InChI=1S/C32H37ClF3N3O4S/c1-23(2)21-37-31(41)29(19-24-9-5-4-6-10-24)38(22-25-14-16-27(33)17-15-25)30(40)13-8-18-39(44(3,42)43)28-12-7-11-26(20-28)32(34,35)36/h4-7,9-12,14-17,20,23,29H,8,13,18-19,21-22H2,1-3H3,(H,37,41)/t29-/m0/s1. The van der Waals surface area contributed by atoms with Crippen molar-refractivity contribution in [1.29, 1.82) is 0 Å². The molecule has 0 aliphatic carbocycles. The molecule has 238 valence electrons. The Morgan fingerprint density at radius 1 is 0.932 bits per heavy atom. The second-order valence-electron chi connectivity index (χ2n) is 11.0. The third kappa shape index (κ3) is 10.6. The highest BCUT2D eigenvalue weighted by Crippen LogP contribution is 2.32. The summed E-state index contributed by atoms with van der Waals surface area (Å²) in [4.78, 5) is 28.9. The molecule has 0 radical (unpaired) electrons. The lowest BCUT2D eigenvalue weighted by molar-refractivity contribution is -0.141. The van der Waals surface area contributed by atoms with Crippen molar-refractivity contribution in [2.75, 3.05) is 23.7 Å². The van der Waals surface area contributed by atoms with Crippen molar-refractivity contribution in [1.82, 2.24) is 10.2 Å². The van der Waals surface area contributed by atoms with Gasteiger partial charge in [0.25, 0.3) is 0 Å². The van der Waals surface area contributed by atoms with Crippen LogP contribution in [0.4, 0.5) is 18.9 Å². The van der Waals surface area contributed by atoms with Gasteiger partial charge >= 0.3 is 6.18 Å². The smallest absolute Gasteiger partial charge is 0.354 e. The van der Waals surface area contributed by atoms with Gasteiger partial charge in [0.1, 0.15) is 6.04 Å². The largest absolute Gasteiger partial charge is 0.416 e. The number of amides is 2. The van der Waals surface area contributed by atoms with Crippen molar-refractivity contribution < 1.29 is 31.2 Å². The molecule has 3 aromatic rings. The van der Waals surface area contributed by atoms with Gasteiger partial charge in [0.05, 0.1) is 17.5 Å². The lowest BCUT2D eigenvalue weighted by Crippen LogP contribution is -2.51. The van der Waals surface area contributed by atoms with E-state index < -0.39 is 33.7 Å². The minimum absolute atomic E-state index is 0.00490. The topological polar surface area (TPSA) is 86.8 Å². The molecule has 1 atom stereocenters. The maximum atomic E-state index is 13.8. The zero-order valence-electron chi connectivity index (χ0n) is 24.9. The van der Waals surface area contributed by atoms with Gasteiger partial charge in [-0.25, -0.2) is 8.42 Å². The fourth-order valence-corrected chi connectivity index (χ4v) is 5.69. The number of carbonyl (C=O) groups is 2. The number of hydrogen-bond donors (Lipinski definition) is 1. The minimum atomic E-state index is -4.65. The Hall–Kier alpha value is -3.57. The molecule has 12 heteroatoms. The fourth-order valence-electron chi connectivity index (χ4n) is 4.60. The number of benzene rings is 3. The molecule has 0 heterocycles. The van der Waals surface area contributed by atoms with E-state index in [1.54, 1.807) is 24.3 Å². The Kier molecular flexibility index (Phi) is 12.2. The first-order chi connectivity index (χ1) is 20.6. The first-order valence-electron chi connectivity index (χ1n) is 14.2. The molecule has 0 saturated heterocycles. The molecular weight excluding hydrogens is 615 g/mol. The maximum Gasteiger partial charge on any atom is 0.416 e. The molecule has 7 nitrogen and oxygen atoms in total. The lowest BCUT2D eigenvalue weighted by atomic mass is 10.0. The minimum Gasteiger partial charge on any atom is -0.354 e. The average molecular weight is 652 g/mol. The highest BCUT2D eigenvalue weighted by atomic mass is 35.5. The highest BCUT2D eigenvalue weighted by Gasteiger charge is 2.33. The van der Waals surface area contributed by atoms with Crippen molar-refractivity contribution >= 4 is 39.1 Å². The van der Waals surface area contributed by atoms with Gasteiger partial charge in [-0.05, 0) is 53.8 Å². The van der Waals surface area contributed by atoms with Crippen LogP contribution in [0.5, 0.6) is 0 Å². The van der Waals surface area contributed by atoms with E-state index in [1.165, 1.54) is 11.0 Å². The fraction of sp³-hybridized carbons (Fsp3) is 0.375. The number of hydrogen-bond acceptors (Lipinski definition) is 4. The Bertz CT molecular complexity index is 1500. The molecular formula is C32H37ClF3N3O4S. The number of sulfonamides is 1. The summed E-state index contributed by atoms with van der Waals surface area (Å²) in [7, 11) is -3.97. The zero-order chi connectivity index (χ0) is 32.5. The Morgan fingerprint density at radius 3 is 2.18 bits per heavy atom. The molecule has 0 aliphatic rings. The molecule has 0 unspecified atom stereocenters. The first-order valence-corrected chi connectivity index (χ1v) is 16.4. The van der Waals surface area contributed by atoms with E-state index in [0.29, 0.717) is 11.6 Å². The van der Waals surface area contributed by atoms with Crippen LogP contribution in [-0.2, 0) is 38.8 Å². The summed E-state index contributed by atoms with van der Waals surface area (Å²) in [5.74, 6) is -0.556. The van der Waals surface area contributed by atoms with Crippen LogP contribution in [-0.4, -0.2) is 50.5 Å². The predicted molar refractivity (Wildman–Crippen MR) is 167 cm³/mol. The van der Waals surface area contributed by atoms with E-state index in [4.69, 9.17) is 11.6 Å². The molecule has 44 heavy (non-hydrogen) atoms. The van der Waals surface area contributed by atoms with Crippen LogP contribution >= 0.6 is 11.6 Å². The lowest BCUT2D eigenvalue weighted by Gasteiger charge is -2.32. The second-order valence-corrected chi connectivity index (χ2v) is 13.3. The number of halogens is 4. The van der Waals surface area contributed by atoms with E-state index in [1.807, 2.05) is 44.2 Å². The molecule has 2 amide bonds. The Balaban J connectivity index is 1.89. The maximum absolute atomic E-state index is 13.8. The van der Waals surface area contributed by atoms with Crippen LogP contribution in [0, 0.1) is 5.92 Å². The molecule has 3 rings (SSSR count). The van der Waals surface area contributed by atoms with Gasteiger partial charge < -0.3 is 10.2 Å². The van der Waals surface area contributed by atoms with Crippen LogP contribution in [0.3, 0.4) is 0 Å². The van der Waals surface area contributed by atoms with E-state index in [0.717, 1.165) is 39.9 Å². The van der Waals surface area contributed by atoms with Crippen LogP contribution in [0.15, 0.2) is 78.9 Å². The van der Waals surface area contributed by atoms with Crippen LogP contribution < -0.4 is 9.62 Å². The molecule has 0 spiro atoms. The third-order valence-corrected chi connectivity index (χ3v) is 8.28. The summed E-state index contributed by atoms with van der Waals surface area (Å²) in [5, 5.41) is 3.44. The molecule has 3 aromatic carbocycles. The molecule has 0 saturated carbocycles. The van der Waals surface area contributed by atoms with Crippen LogP contribution in [0.25, 0.3) is 0 Å².